The molecule has 4 aliphatic rings. The molecule has 2 heterocycles. The van der Waals surface area contributed by atoms with Crippen molar-refractivity contribution in [3.05, 3.63) is 47.6 Å². The number of carbonyl (C=O) groups is 5. The molecule has 4 N–H and O–H groups in total. The van der Waals surface area contributed by atoms with E-state index in [9.17, 15) is 47.7 Å². The minimum Gasteiger partial charge on any atom is -0.460 e. The second-order valence-electron chi connectivity index (χ2n) is 21.2. The van der Waals surface area contributed by atoms with Crippen LogP contribution >= 0.6 is 0 Å². The Bertz CT molecular complexity index is 2070. The lowest BCUT2D eigenvalue weighted by Crippen LogP contribution is -2.59. The second kappa shape index (κ2) is 28.4. The molecule has 3 fully saturated rings. The Balaban J connectivity index is 1.67. The third-order valence-corrected chi connectivity index (χ3v) is 16.8. The van der Waals surface area contributed by atoms with Crippen molar-refractivity contribution in [3.8, 4) is 0 Å². The molecule has 0 aromatic carbocycles. The first-order chi connectivity index (χ1) is 34.0. The lowest BCUT2D eigenvalue weighted by Gasteiger charge is -2.42. The van der Waals surface area contributed by atoms with Crippen molar-refractivity contribution >= 4 is 39.2 Å². The molecule has 0 aromatic rings. The summed E-state index contributed by atoms with van der Waals surface area (Å²) in [4.78, 5) is 71.0. The van der Waals surface area contributed by atoms with Gasteiger partial charge in [-0.2, -0.15) is 0 Å². The average Bonchev–Trinajstić information content (AvgIpc) is 4.19. The number of aliphatic hydroxyl groups is 3. The summed E-state index contributed by atoms with van der Waals surface area (Å²) in [6.45, 7) is 12.0. The summed E-state index contributed by atoms with van der Waals surface area (Å²) in [5.74, 6) is -8.66. The van der Waals surface area contributed by atoms with Gasteiger partial charge >= 0.3 is 5.97 Å². The fourth-order valence-electron chi connectivity index (χ4n) is 9.88. The van der Waals surface area contributed by atoms with Gasteiger partial charge in [0.15, 0.2) is 5.78 Å². The van der Waals surface area contributed by atoms with Crippen LogP contribution in [0.4, 0.5) is 0 Å². The van der Waals surface area contributed by atoms with Crippen LogP contribution in [0.2, 0.25) is 0 Å². The predicted molar refractivity (Wildman–Crippen MR) is 272 cm³/mol. The summed E-state index contributed by atoms with van der Waals surface area (Å²) in [7, 11) is 0.358. The zero-order valence-corrected chi connectivity index (χ0v) is 45.3. The Morgan fingerprint density at radius 3 is 2.24 bits per heavy atom. The standard InChI is InChI=1S/C54H86N2O15S/c1-33-17-14-12-11-13-15-18-34(2)48(59)50(68-10)49(60)37(5)27-35(3)44(58)31-46(36(4)28-41-22-24-45(47(29-41)67-9)69-32-40-20-21-40)70-53(63)39(7)56(8)52(62)51(61)54(64)38(6)19-23-42(71-54)30-43(33)55-72(65,66)26-16-25-57/h11-14,17,27,34-36,38-43,45-47,49-50,55,57,60,64H,15-16,18-26,28-32H2,1-10H3/b13-11-,14-12-,33-17-,37-27-/t34?,35?,36-,38+,39?,41+,42-,43+,45-,46?,47-,49?,50?,54+/m1/s1. The largest absolute Gasteiger partial charge is 0.460 e. The molecule has 408 valence electrons. The van der Waals surface area contributed by atoms with Crippen LogP contribution in [-0.4, -0.2) is 153 Å². The first-order valence-corrected chi connectivity index (χ1v) is 27.7. The normalized spacial score (nSPS) is 37.0. The molecule has 6 unspecified atom stereocenters. The Kier molecular flexibility index (Phi) is 24.1. The molecule has 0 radical (unpaired) electrons. The van der Waals surface area contributed by atoms with Gasteiger partial charge in [-0.25, -0.2) is 17.9 Å². The third kappa shape index (κ3) is 17.6. The van der Waals surface area contributed by atoms with Gasteiger partial charge in [0.2, 0.25) is 15.8 Å². The lowest BCUT2D eigenvalue weighted by molar-refractivity contribution is -0.263. The number of ether oxygens (including phenoxy) is 5. The number of allylic oxidation sites excluding steroid dienone is 6. The van der Waals surface area contributed by atoms with Crippen LogP contribution in [-0.2, 0) is 57.7 Å². The second-order valence-corrected chi connectivity index (χ2v) is 23.0. The highest BCUT2D eigenvalue weighted by molar-refractivity contribution is 7.89. The average molecular weight is 1040 g/mol. The molecule has 1 amide bonds. The number of aliphatic hydroxyl groups excluding tert-OH is 2. The van der Waals surface area contributed by atoms with Gasteiger partial charge in [0.1, 0.15) is 30.1 Å². The first-order valence-electron chi connectivity index (χ1n) is 26.1. The molecule has 2 bridgehead atoms. The van der Waals surface area contributed by atoms with E-state index < -0.39 is 87.7 Å². The van der Waals surface area contributed by atoms with Gasteiger partial charge < -0.3 is 43.9 Å². The predicted octanol–water partition coefficient (Wildman–Crippen LogP) is 5.49. The van der Waals surface area contributed by atoms with E-state index in [0.717, 1.165) is 24.3 Å². The third-order valence-electron chi connectivity index (χ3n) is 15.3. The number of cyclic esters (lactones) is 1. The van der Waals surface area contributed by atoms with Crippen LogP contribution in [0.3, 0.4) is 0 Å². The molecule has 2 aliphatic heterocycles. The highest BCUT2D eigenvalue weighted by Gasteiger charge is 2.52. The Morgan fingerprint density at radius 2 is 1.58 bits per heavy atom. The SMILES string of the molecule is COC1C(=O)C(C)CC\C=C/C=C\C=C(\C)[C@@H](NS(=O)(=O)CCCO)C[C@H]2CC[C@H](C)[C@](O)(O2)C(=O)C(=O)N(C)C(C)C(=O)OC([C@H](C)C[C@@H]2CC[C@@H](OCC3CC3)[C@H](OC)C2)CC(=O)C(C)/C=C(/C)C1O. The molecule has 2 aliphatic carbocycles. The van der Waals surface area contributed by atoms with Crippen LogP contribution < -0.4 is 4.72 Å². The zero-order valence-electron chi connectivity index (χ0n) is 44.5. The smallest absolute Gasteiger partial charge is 0.328 e. The summed E-state index contributed by atoms with van der Waals surface area (Å²) in [6.07, 6.45) is 12.5. The quantitative estimate of drug-likeness (QED) is 0.101. The van der Waals surface area contributed by atoms with E-state index >= 15 is 0 Å². The van der Waals surface area contributed by atoms with Crippen molar-refractivity contribution < 1.29 is 71.4 Å². The van der Waals surface area contributed by atoms with E-state index in [2.05, 4.69) is 4.72 Å². The fraction of sp³-hybridized carbons (Fsp3) is 0.759. The minimum absolute atomic E-state index is 0.0000414. The number of rotatable bonds is 13. The summed E-state index contributed by atoms with van der Waals surface area (Å²) < 4.78 is 58.9. The molecular weight excluding hydrogens is 949 g/mol. The van der Waals surface area contributed by atoms with E-state index in [1.807, 2.05) is 13.0 Å². The lowest BCUT2D eigenvalue weighted by atomic mass is 9.78. The van der Waals surface area contributed by atoms with E-state index in [4.69, 9.17) is 23.7 Å². The van der Waals surface area contributed by atoms with Crippen LogP contribution in [0.15, 0.2) is 47.6 Å². The number of nitrogens with one attached hydrogen (secondary N) is 1. The molecule has 0 aromatic heterocycles. The number of carbonyl (C=O) groups excluding carboxylic acids is 5. The molecule has 1 saturated heterocycles. The Labute approximate surface area is 428 Å². The van der Waals surface area contributed by atoms with E-state index in [0.29, 0.717) is 49.2 Å². The minimum atomic E-state index is -3.91. The number of nitrogens with zero attached hydrogens (tertiary/aromatic N) is 1. The Hall–Kier alpha value is -3.46. The monoisotopic (exact) mass is 1030 g/mol. The van der Waals surface area contributed by atoms with Crippen molar-refractivity contribution in [3.63, 3.8) is 0 Å². The number of Topliss-reactive ketones (excluding diaryl/α,β-unsaturated/α-hetero) is 3. The number of hydrogen-bond donors (Lipinski definition) is 4. The number of methoxy groups -OCH3 is 2. The van der Waals surface area contributed by atoms with Gasteiger partial charge in [-0.15, -0.1) is 0 Å². The van der Waals surface area contributed by atoms with Gasteiger partial charge in [-0.05, 0) is 121 Å². The maximum atomic E-state index is 14.2. The molecule has 2 saturated carbocycles. The highest BCUT2D eigenvalue weighted by atomic mass is 32.2. The van der Waals surface area contributed by atoms with Crippen molar-refractivity contribution in [1.29, 1.82) is 0 Å². The van der Waals surface area contributed by atoms with Crippen LogP contribution in [0.1, 0.15) is 132 Å². The number of esters is 1. The van der Waals surface area contributed by atoms with Crippen LogP contribution in [0.25, 0.3) is 0 Å². The van der Waals surface area contributed by atoms with Gasteiger partial charge in [0.05, 0.1) is 24.1 Å². The zero-order chi connectivity index (χ0) is 53.5. The maximum Gasteiger partial charge on any atom is 0.328 e. The molecule has 4 rings (SSSR count). The van der Waals surface area contributed by atoms with E-state index in [-0.39, 0.29) is 73.7 Å². The number of ketones is 3. The number of hydrogen-bond acceptors (Lipinski definition) is 15. The van der Waals surface area contributed by atoms with Crippen LogP contribution in [0, 0.1) is 35.5 Å². The van der Waals surface area contributed by atoms with Crippen LogP contribution in [0.5, 0.6) is 0 Å². The summed E-state index contributed by atoms with van der Waals surface area (Å²) in [5.41, 5.74) is 0.935. The van der Waals surface area contributed by atoms with Crippen molar-refractivity contribution in [1.82, 2.24) is 9.62 Å². The van der Waals surface area contributed by atoms with Gasteiger partial charge in [-0.1, -0.05) is 69.7 Å². The Morgan fingerprint density at radius 1 is 0.889 bits per heavy atom. The molecule has 18 heteroatoms. The summed E-state index contributed by atoms with van der Waals surface area (Å²) >= 11 is 0. The summed E-state index contributed by atoms with van der Waals surface area (Å²) in [6, 6.07) is -2.22. The topological polar surface area (TPSA) is 242 Å². The number of amides is 1. The van der Waals surface area contributed by atoms with Crippen molar-refractivity contribution in [2.24, 2.45) is 35.5 Å². The molecule has 0 spiro atoms. The van der Waals surface area contributed by atoms with Crippen molar-refractivity contribution in [2.45, 2.75) is 186 Å². The molecule has 72 heavy (non-hydrogen) atoms. The molecular formula is C54H86N2O15S. The maximum absolute atomic E-state index is 14.2. The molecule has 14 atom stereocenters. The van der Waals surface area contributed by atoms with E-state index in [1.54, 1.807) is 72.1 Å². The summed E-state index contributed by atoms with van der Waals surface area (Å²) in [5, 5.41) is 32.7. The highest BCUT2D eigenvalue weighted by Crippen LogP contribution is 2.38. The van der Waals surface area contributed by atoms with E-state index in [1.165, 1.54) is 33.9 Å². The van der Waals surface area contributed by atoms with Gasteiger partial charge in [0, 0.05) is 64.7 Å². The van der Waals surface area contributed by atoms with Crippen molar-refractivity contribution in [2.75, 3.05) is 40.2 Å². The first kappa shape index (κ1) is 61.1. The van der Waals surface area contributed by atoms with Gasteiger partial charge in [0.25, 0.3) is 11.7 Å². The van der Waals surface area contributed by atoms with Gasteiger partial charge in [-0.3, -0.25) is 19.2 Å². The number of sulfonamides is 1. The molecule has 17 nitrogen and oxygen atoms in total. The number of likely N-dealkylation sites (N-methyl/N-ethyl adjacent to an activating group) is 1. The fourth-order valence-corrected chi connectivity index (χ4v) is 11.2. The number of fused-ring (bicyclic) bond motifs is 2.